The lowest BCUT2D eigenvalue weighted by Crippen LogP contribution is -2.28. The lowest BCUT2D eigenvalue weighted by Gasteiger charge is -2.20. The van der Waals surface area contributed by atoms with E-state index < -0.39 is 17.7 Å². The van der Waals surface area contributed by atoms with E-state index in [0.29, 0.717) is 5.56 Å². The fraction of sp³-hybridized carbons (Fsp3) is 0.455. The van der Waals surface area contributed by atoms with E-state index in [1.54, 1.807) is 33.8 Å². The summed E-state index contributed by atoms with van der Waals surface area (Å²) >= 11 is 0. The smallest absolute Gasteiger partial charge is 0.419 e. The highest BCUT2D eigenvalue weighted by molar-refractivity contribution is 5.92. The summed E-state index contributed by atoms with van der Waals surface area (Å²) in [4.78, 5) is 22.6. The Balaban J connectivity index is 3.05. The van der Waals surface area contributed by atoms with E-state index in [2.05, 4.69) is 0 Å². The first-order valence-electron chi connectivity index (χ1n) is 4.87. The third-order valence-electron chi connectivity index (χ3n) is 1.88. The fourth-order valence-electron chi connectivity index (χ4n) is 1.26. The van der Waals surface area contributed by atoms with Gasteiger partial charge in [0.25, 0.3) is 0 Å². The Kier molecular flexibility index (Phi) is 3.07. The second-order valence-electron chi connectivity index (χ2n) is 4.50. The van der Waals surface area contributed by atoms with Crippen LogP contribution in [0.15, 0.2) is 12.3 Å². The van der Waals surface area contributed by atoms with Crippen LogP contribution in [0.5, 0.6) is 0 Å². The van der Waals surface area contributed by atoms with Crippen molar-refractivity contribution in [1.82, 2.24) is 4.57 Å². The highest BCUT2D eigenvalue weighted by Gasteiger charge is 2.23. The number of hydrogen-bond acceptors (Lipinski definition) is 3. The fourth-order valence-corrected chi connectivity index (χ4v) is 1.26. The van der Waals surface area contributed by atoms with E-state index in [0.717, 1.165) is 4.57 Å². The van der Waals surface area contributed by atoms with E-state index in [4.69, 9.17) is 9.84 Å². The van der Waals surface area contributed by atoms with Gasteiger partial charge in [-0.15, -0.1) is 0 Å². The maximum atomic E-state index is 11.7. The Hall–Kier alpha value is -1.78. The summed E-state index contributed by atoms with van der Waals surface area (Å²) < 4.78 is 6.09. The van der Waals surface area contributed by atoms with Crippen molar-refractivity contribution in [2.24, 2.45) is 0 Å². The number of ether oxygens (including phenoxy) is 1. The van der Waals surface area contributed by atoms with Crippen LogP contribution in [0.2, 0.25) is 0 Å². The number of aryl methyl sites for hydroxylation is 1. The highest BCUT2D eigenvalue weighted by Crippen LogP contribution is 2.14. The van der Waals surface area contributed by atoms with Crippen LogP contribution in [0.25, 0.3) is 0 Å². The summed E-state index contributed by atoms with van der Waals surface area (Å²) in [6, 6.07) is 1.56. The summed E-state index contributed by atoms with van der Waals surface area (Å²) in [6.07, 6.45) is 0.713. The Morgan fingerprint density at radius 1 is 1.38 bits per heavy atom. The van der Waals surface area contributed by atoms with E-state index in [1.165, 1.54) is 6.20 Å². The summed E-state index contributed by atoms with van der Waals surface area (Å²) in [5.74, 6) is -1.15. The maximum Gasteiger partial charge on any atom is 0.419 e. The van der Waals surface area contributed by atoms with Gasteiger partial charge in [0.1, 0.15) is 11.3 Å². The normalized spacial score (nSPS) is 11.2. The average molecular weight is 225 g/mol. The quantitative estimate of drug-likeness (QED) is 0.796. The van der Waals surface area contributed by atoms with Crippen molar-refractivity contribution < 1.29 is 19.4 Å². The molecule has 0 fully saturated rings. The molecule has 0 aliphatic rings. The maximum absolute atomic E-state index is 11.7. The molecule has 1 rings (SSSR count). The molecule has 0 bridgehead atoms. The first-order chi connectivity index (χ1) is 7.22. The number of aromatic nitrogens is 1. The van der Waals surface area contributed by atoms with Crippen LogP contribution in [0.1, 0.15) is 36.8 Å². The zero-order valence-electron chi connectivity index (χ0n) is 9.77. The second kappa shape index (κ2) is 4.00. The summed E-state index contributed by atoms with van der Waals surface area (Å²) in [6.45, 7) is 6.80. The van der Waals surface area contributed by atoms with Crippen molar-refractivity contribution in [2.75, 3.05) is 0 Å². The average Bonchev–Trinajstić information content (AvgIpc) is 2.43. The van der Waals surface area contributed by atoms with E-state index in [1.807, 2.05) is 0 Å². The van der Waals surface area contributed by atoms with Crippen LogP contribution in [0, 0.1) is 6.92 Å². The minimum absolute atomic E-state index is 0.0609. The Labute approximate surface area is 93.6 Å². The van der Waals surface area contributed by atoms with Crippen molar-refractivity contribution in [2.45, 2.75) is 33.3 Å². The van der Waals surface area contributed by atoms with Crippen LogP contribution in [-0.2, 0) is 4.74 Å². The molecule has 0 spiro atoms. The van der Waals surface area contributed by atoms with Gasteiger partial charge in [-0.3, -0.25) is 0 Å². The van der Waals surface area contributed by atoms with Gasteiger partial charge in [0.2, 0.25) is 0 Å². The number of aromatic carboxylic acids is 1. The molecule has 88 valence electrons. The molecule has 0 aromatic carbocycles. The number of nitrogens with zero attached hydrogens (tertiary/aromatic N) is 1. The molecule has 16 heavy (non-hydrogen) atoms. The van der Waals surface area contributed by atoms with Crippen LogP contribution >= 0.6 is 0 Å². The zero-order valence-corrected chi connectivity index (χ0v) is 9.77. The van der Waals surface area contributed by atoms with E-state index in [9.17, 15) is 9.59 Å². The Morgan fingerprint density at radius 2 is 1.94 bits per heavy atom. The van der Waals surface area contributed by atoms with Gasteiger partial charge in [-0.05, 0) is 39.3 Å². The van der Waals surface area contributed by atoms with E-state index >= 15 is 0 Å². The molecule has 1 N–H and O–H groups in total. The van der Waals surface area contributed by atoms with Crippen LogP contribution in [0.3, 0.4) is 0 Å². The van der Waals surface area contributed by atoms with Gasteiger partial charge in [0.15, 0.2) is 0 Å². The molecule has 5 nitrogen and oxygen atoms in total. The molecule has 5 heteroatoms. The molecule has 0 unspecified atom stereocenters. The van der Waals surface area contributed by atoms with Crippen molar-refractivity contribution >= 4 is 12.1 Å². The van der Waals surface area contributed by atoms with Gasteiger partial charge >= 0.3 is 12.1 Å². The Bertz CT molecular complexity index is 426. The van der Waals surface area contributed by atoms with Gasteiger partial charge in [-0.2, -0.15) is 0 Å². The first kappa shape index (κ1) is 12.3. The molecule has 1 heterocycles. The van der Waals surface area contributed by atoms with Gasteiger partial charge in [-0.25, -0.2) is 14.2 Å². The number of hydrogen-bond donors (Lipinski definition) is 1. The van der Waals surface area contributed by atoms with Crippen LogP contribution in [-0.4, -0.2) is 27.3 Å². The third kappa shape index (κ3) is 2.62. The summed E-state index contributed by atoms with van der Waals surface area (Å²) in [7, 11) is 0. The van der Waals surface area contributed by atoms with Crippen molar-refractivity contribution in [3.63, 3.8) is 0 Å². The molecule has 1 aromatic heterocycles. The number of carbonyl (C=O) groups is 2. The molecule has 0 saturated heterocycles. The largest absolute Gasteiger partial charge is 0.477 e. The molecule has 0 saturated carbocycles. The third-order valence-corrected chi connectivity index (χ3v) is 1.88. The standard InChI is InChI=1S/C11H15NO4/c1-7-5-6-12(8(7)9(13)14)10(15)16-11(2,3)4/h5-6H,1-4H3,(H,13,14). The lowest BCUT2D eigenvalue weighted by molar-refractivity contribution is 0.0505. The van der Waals surface area contributed by atoms with Gasteiger partial charge < -0.3 is 9.84 Å². The number of rotatable bonds is 1. The minimum atomic E-state index is -1.15. The molecular formula is C11H15NO4. The van der Waals surface area contributed by atoms with Gasteiger partial charge in [0.05, 0.1) is 0 Å². The molecule has 1 aromatic rings. The lowest BCUT2D eigenvalue weighted by atomic mass is 10.2. The predicted molar refractivity (Wildman–Crippen MR) is 57.8 cm³/mol. The second-order valence-corrected chi connectivity index (χ2v) is 4.50. The van der Waals surface area contributed by atoms with E-state index in [-0.39, 0.29) is 5.69 Å². The summed E-state index contributed by atoms with van der Waals surface area (Å²) in [5.41, 5.74) is -0.182. The highest BCUT2D eigenvalue weighted by atomic mass is 16.6. The van der Waals surface area contributed by atoms with Crippen LogP contribution in [0.4, 0.5) is 4.79 Å². The molecule has 0 radical (unpaired) electrons. The van der Waals surface area contributed by atoms with Crippen molar-refractivity contribution in [3.8, 4) is 0 Å². The molecular weight excluding hydrogens is 210 g/mol. The van der Waals surface area contributed by atoms with Crippen molar-refractivity contribution in [1.29, 1.82) is 0 Å². The molecule has 0 aliphatic carbocycles. The summed E-state index contributed by atoms with van der Waals surface area (Å²) in [5, 5.41) is 8.95. The number of carbonyl (C=O) groups excluding carboxylic acids is 1. The van der Waals surface area contributed by atoms with Gasteiger partial charge in [-0.1, -0.05) is 0 Å². The zero-order chi connectivity index (χ0) is 12.5. The number of carboxylic acids is 1. The topological polar surface area (TPSA) is 68.5 Å². The SMILES string of the molecule is Cc1ccn(C(=O)OC(C)(C)C)c1C(=O)O. The molecule has 0 amide bonds. The number of carboxylic acid groups (broad SMARTS) is 1. The van der Waals surface area contributed by atoms with Crippen molar-refractivity contribution in [3.05, 3.63) is 23.5 Å². The van der Waals surface area contributed by atoms with Gasteiger partial charge in [0, 0.05) is 6.20 Å². The first-order valence-corrected chi connectivity index (χ1v) is 4.87. The monoisotopic (exact) mass is 225 g/mol. The van der Waals surface area contributed by atoms with Crippen LogP contribution < -0.4 is 0 Å². The molecule has 0 atom stereocenters. The Morgan fingerprint density at radius 3 is 2.38 bits per heavy atom. The minimum Gasteiger partial charge on any atom is -0.477 e. The predicted octanol–water partition coefficient (Wildman–Crippen LogP) is 2.28. The molecule has 0 aliphatic heterocycles.